The molecule has 2 aromatic heterocycles. The summed E-state index contributed by atoms with van der Waals surface area (Å²) in [4.78, 5) is 27.4. The van der Waals surface area contributed by atoms with Gasteiger partial charge in [0.2, 0.25) is 11.8 Å². The van der Waals surface area contributed by atoms with Gasteiger partial charge in [-0.3, -0.25) is 9.59 Å². The number of rotatable bonds is 6. The monoisotopic (exact) mass is 289 g/mol. The number of pyridine rings is 1. The van der Waals surface area contributed by atoms with E-state index in [1.807, 2.05) is 0 Å². The Morgan fingerprint density at radius 3 is 2.95 bits per heavy atom. The first-order valence-electron chi connectivity index (χ1n) is 6.30. The minimum absolute atomic E-state index is 0.141. The van der Waals surface area contributed by atoms with Gasteiger partial charge in [-0.2, -0.15) is 0 Å². The fourth-order valence-electron chi connectivity index (χ4n) is 1.65. The van der Waals surface area contributed by atoms with Gasteiger partial charge in [0.15, 0.2) is 0 Å². The largest absolute Gasteiger partial charge is 0.480 e. The molecule has 2 rings (SSSR count). The number of nitrogens with one attached hydrogen (secondary N) is 2. The number of anilines is 1. The Labute approximate surface area is 121 Å². The number of carbonyl (C=O) groups excluding carboxylic acids is 2. The lowest BCUT2D eigenvalue weighted by Crippen LogP contribution is -2.27. The summed E-state index contributed by atoms with van der Waals surface area (Å²) in [6.07, 6.45) is 4.47. The van der Waals surface area contributed by atoms with Crippen LogP contribution in [0.25, 0.3) is 0 Å². The molecule has 21 heavy (non-hydrogen) atoms. The third kappa shape index (κ3) is 4.07. The Balaban J connectivity index is 1.79. The summed E-state index contributed by atoms with van der Waals surface area (Å²) in [6, 6.07) is 4.93. The van der Waals surface area contributed by atoms with Gasteiger partial charge in [-0.1, -0.05) is 0 Å². The molecule has 0 fully saturated rings. The number of aromatic nitrogens is 1. The number of ether oxygens (including phenoxy) is 1. The first kappa shape index (κ1) is 14.6. The molecule has 0 unspecified atom stereocenters. The van der Waals surface area contributed by atoms with Crippen LogP contribution in [0.3, 0.4) is 0 Å². The van der Waals surface area contributed by atoms with Crippen molar-refractivity contribution in [3.63, 3.8) is 0 Å². The lowest BCUT2D eigenvalue weighted by Gasteiger charge is -2.08. The summed E-state index contributed by atoms with van der Waals surface area (Å²) in [5.74, 6) is -0.183. The van der Waals surface area contributed by atoms with Crippen molar-refractivity contribution in [2.45, 2.75) is 6.42 Å². The molecular formula is C14H15N3O4. The fourth-order valence-corrected chi connectivity index (χ4v) is 1.65. The summed E-state index contributed by atoms with van der Waals surface area (Å²) < 4.78 is 9.84. The van der Waals surface area contributed by atoms with Crippen molar-refractivity contribution >= 4 is 17.5 Å². The lowest BCUT2D eigenvalue weighted by molar-refractivity contribution is -0.116. The number of furan rings is 1. The quantitative estimate of drug-likeness (QED) is 0.839. The van der Waals surface area contributed by atoms with E-state index in [0.717, 1.165) is 0 Å². The van der Waals surface area contributed by atoms with Crippen molar-refractivity contribution in [3.8, 4) is 5.88 Å². The van der Waals surface area contributed by atoms with Gasteiger partial charge in [0.1, 0.15) is 12.0 Å². The lowest BCUT2D eigenvalue weighted by atomic mass is 10.3. The van der Waals surface area contributed by atoms with Crippen LogP contribution < -0.4 is 15.4 Å². The minimum atomic E-state index is -0.282. The zero-order valence-electron chi connectivity index (χ0n) is 11.5. The van der Waals surface area contributed by atoms with Gasteiger partial charge in [0, 0.05) is 19.2 Å². The van der Waals surface area contributed by atoms with Crippen molar-refractivity contribution in [1.82, 2.24) is 10.3 Å². The number of methoxy groups -OCH3 is 1. The highest BCUT2D eigenvalue weighted by atomic mass is 16.5. The maximum Gasteiger partial charge on any atom is 0.254 e. The average molecular weight is 289 g/mol. The van der Waals surface area contributed by atoms with Crippen molar-refractivity contribution in [1.29, 1.82) is 0 Å². The molecule has 2 aromatic rings. The fraction of sp³-hybridized carbons (Fsp3) is 0.214. The maximum absolute atomic E-state index is 11.8. The molecule has 0 radical (unpaired) electrons. The Morgan fingerprint density at radius 2 is 2.24 bits per heavy atom. The molecule has 0 aliphatic heterocycles. The highest BCUT2D eigenvalue weighted by Gasteiger charge is 2.10. The number of hydrogen-bond acceptors (Lipinski definition) is 5. The van der Waals surface area contributed by atoms with Crippen molar-refractivity contribution in [2.24, 2.45) is 0 Å². The molecule has 0 saturated heterocycles. The third-order valence-electron chi connectivity index (χ3n) is 2.66. The van der Waals surface area contributed by atoms with Gasteiger partial charge in [0.25, 0.3) is 5.91 Å². The van der Waals surface area contributed by atoms with Crippen molar-refractivity contribution in [2.75, 3.05) is 19.0 Å². The van der Waals surface area contributed by atoms with Crippen LogP contribution in [0.15, 0.2) is 41.3 Å². The molecule has 2 N–H and O–H groups in total. The highest BCUT2D eigenvalue weighted by Crippen LogP contribution is 2.19. The molecule has 0 atom stereocenters. The van der Waals surface area contributed by atoms with Gasteiger partial charge in [-0.25, -0.2) is 4.98 Å². The van der Waals surface area contributed by atoms with Gasteiger partial charge in [0.05, 0.1) is 18.9 Å². The van der Waals surface area contributed by atoms with Crippen LogP contribution in [0.5, 0.6) is 5.88 Å². The molecule has 0 aliphatic rings. The van der Waals surface area contributed by atoms with E-state index in [4.69, 9.17) is 9.15 Å². The minimum Gasteiger partial charge on any atom is -0.480 e. The van der Waals surface area contributed by atoms with Crippen LogP contribution in [-0.2, 0) is 4.79 Å². The molecule has 2 amide bonds. The molecule has 0 spiro atoms. The molecule has 7 heteroatoms. The summed E-state index contributed by atoms with van der Waals surface area (Å²) in [7, 11) is 1.48. The Morgan fingerprint density at radius 1 is 1.38 bits per heavy atom. The molecule has 0 bridgehead atoms. The first-order valence-corrected chi connectivity index (χ1v) is 6.30. The van der Waals surface area contributed by atoms with E-state index in [1.165, 1.54) is 19.6 Å². The normalized spacial score (nSPS) is 9.95. The van der Waals surface area contributed by atoms with Crippen LogP contribution in [-0.4, -0.2) is 30.5 Å². The van der Waals surface area contributed by atoms with Gasteiger partial charge in [-0.05, 0) is 18.2 Å². The topological polar surface area (TPSA) is 93.5 Å². The zero-order valence-corrected chi connectivity index (χ0v) is 11.5. The Kier molecular flexibility index (Phi) is 4.92. The van der Waals surface area contributed by atoms with E-state index in [9.17, 15) is 9.59 Å². The Hall–Kier alpha value is -2.83. The second-order valence-electron chi connectivity index (χ2n) is 4.13. The highest BCUT2D eigenvalue weighted by molar-refractivity contribution is 5.95. The van der Waals surface area contributed by atoms with E-state index in [-0.39, 0.29) is 24.8 Å². The molecule has 2 heterocycles. The smallest absolute Gasteiger partial charge is 0.254 e. The van der Waals surface area contributed by atoms with Crippen LogP contribution in [0.4, 0.5) is 5.69 Å². The van der Waals surface area contributed by atoms with Crippen LogP contribution in [0, 0.1) is 0 Å². The van der Waals surface area contributed by atoms with Crippen LogP contribution in [0.2, 0.25) is 0 Å². The maximum atomic E-state index is 11.8. The second-order valence-corrected chi connectivity index (χ2v) is 4.13. The SMILES string of the molecule is COc1ncccc1NC(=O)CCNC(=O)c1ccoc1. The van der Waals surface area contributed by atoms with E-state index in [2.05, 4.69) is 15.6 Å². The van der Waals surface area contributed by atoms with Crippen molar-refractivity contribution in [3.05, 3.63) is 42.5 Å². The number of hydrogen-bond donors (Lipinski definition) is 2. The van der Waals surface area contributed by atoms with Crippen LogP contribution in [0.1, 0.15) is 16.8 Å². The number of nitrogens with zero attached hydrogens (tertiary/aromatic N) is 1. The Bertz CT molecular complexity index is 610. The van der Waals surface area contributed by atoms with E-state index < -0.39 is 0 Å². The van der Waals surface area contributed by atoms with Gasteiger partial charge in [-0.15, -0.1) is 0 Å². The predicted molar refractivity (Wildman–Crippen MR) is 75.1 cm³/mol. The summed E-state index contributed by atoms with van der Waals surface area (Å²) in [5, 5.41) is 5.30. The molecule has 110 valence electrons. The van der Waals surface area contributed by atoms with Crippen LogP contribution >= 0.6 is 0 Å². The zero-order chi connectivity index (χ0) is 15.1. The predicted octanol–water partition coefficient (Wildman–Crippen LogP) is 1.44. The summed E-state index contributed by atoms with van der Waals surface area (Å²) >= 11 is 0. The average Bonchev–Trinajstić information content (AvgIpc) is 3.02. The molecule has 0 aromatic carbocycles. The number of carbonyl (C=O) groups is 2. The third-order valence-corrected chi connectivity index (χ3v) is 2.66. The standard InChI is InChI=1S/C14H15N3O4/c1-20-14-11(3-2-6-16-14)17-12(18)4-7-15-13(19)10-5-8-21-9-10/h2-3,5-6,8-9H,4,7H2,1H3,(H,15,19)(H,17,18). The van der Waals surface area contributed by atoms with E-state index in [1.54, 1.807) is 24.4 Å². The molecular weight excluding hydrogens is 274 g/mol. The van der Waals surface area contributed by atoms with E-state index >= 15 is 0 Å². The summed E-state index contributed by atoms with van der Waals surface area (Å²) in [5.41, 5.74) is 0.912. The second kappa shape index (κ2) is 7.09. The van der Waals surface area contributed by atoms with Gasteiger partial charge >= 0.3 is 0 Å². The van der Waals surface area contributed by atoms with Crippen molar-refractivity contribution < 1.29 is 18.7 Å². The summed E-state index contributed by atoms with van der Waals surface area (Å²) in [6.45, 7) is 0.221. The first-order chi connectivity index (χ1) is 10.2. The molecule has 0 saturated carbocycles. The van der Waals surface area contributed by atoms with E-state index in [0.29, 0.717) is 17.1 Å². The van der Waals surface area contributed by atoms with Gasteiger partial charge < -0.3 is 19.8 Å². The molecule has 0 aliphatic carbocycles. The molecule has 7 nitrogen and oxygen atoms in total. The number of amides is 2.